The van der Waals surface area contributed by atoms with Crippen molar-refractivity contribution < 1.29 is 0 Å². The number of benzene rings is 10. The maximum atomic E-state index is 5.42. The highest BCUT2D eigenvalue weighted by atomic mass is 15.2. The van der Waals surface area contributed by atoms with Crippen LogP contribution in [0.25, 0.3) is 122 Å². The van der Waals surface area contributed by atoms with Crippen molar-refractivity contribution in [2.45, 2.75) is 0 Å². The van der Waals surface area contributed by atoms with Crippen molar-refractivity contribution in [2.24, 2.45) is 0 Å². The average molecular weight is 815 g/mol. The first-order chi connectivity index (χ1) is 31.7. The minimum atomic E-state index is 0.637. The molecule has 0 fully saturated rings. The topological polar surface area (TPSA) is 35.6 Å². The third kappa shape index (κ3) is 5.77. The molecule has 0 saturated carbocycles. The van der Waals surface area contributed by atoms with E-state index in [1.807, 2.05) is 0 Å². The van der Waals surface area contributed by atoms with Crippen molar-refractivity contribution in [1.82, 2.24) is 19.1 Å². The van der Waals surface area contributed by atoms with E-state index in [0.717, 1.165) is 39.2 Å². The van der Waals surface area contributed by atoms with Gasteiger partial charge in [-0.15, -0.1) is 0 Å². The van der Waals surface area contributed by atoms with Crippen molar-refractivity contribution in [3.63, 3.8) is 0 Å². The summed E-state index contributed by atoms with van der Waals surface area (Å²) >= 11 is 0. The molecule has 0 aliphatic rings. The van der Waals surface area contributed by atoms with Crippen LogP contribution in [-0.4, -0.2) is 19.1 Å². The van der Waals surface area contributed by atoms with Gasteiger partial charge in [0.25, 0.3) is 0 Å². The lowest BCUT2D eigenvalue weighted by Crippen LogP contribution is -2.04. The van der Waals surface area contributed by atoms with Gasteiger partial charge in [-0.05, 0) is 86.6 Å². The molecule has 0 N–H and O–H groups in total. The first-order valence-electron chi connectivity index (χ1n) is 21.8. The second-order valence-corrected chi connectivity index (χ2v) is 16.6. The van der Waals surface area contributed by atoms with Gasteiger partial charge >= 0.3 is 0 Å². The summed E-state index contributed by atoms with van der Waals surface area (Å²) in [4.78, 5) is 10.8. The molecule has 4 heteroatoms. The molecular formula is C60H38N4. The van der Waals surface area contributed by atoms with Gasteiger partial charge in [0, 0.05) is 38.4 Å². The summed E-state index contributed by atoms with van der Waals surface area (Å²) in [6, 6.07) is 82.7. The van der Waals surface area contributed by atoms with E-state index in [1.54, 1.807) is 0 Å². The summed E-state index contributed by atoms with van der Waals surface area (Å²) in [6.07, 6.45) is 0. The third-order valence-electron chi connectivity index (χ3n) is 12.9. The molecule has 10 aromatic carbocycles. The fourth-order valence-electron chi connectivity index (χ4n) is 9.91. The van der Waals surface area contributed by atoms with Crippen LogP contribution in [0.15, 0.2) is 231 Å². The van der Waals surface area contributed by atoms with Crippen LogP contribution in [0.1, 0.15) is 0 Å². The highest BCUT2D eigenvalue weighted by Crippen LogP contribution is 2.44. The quantitative estimate of drug-likeness (QED) is 0.150. The van der Waals surface area contributed by atoms with Crippen LogP contribution in [0.2, 0.25) is 0 Å². The molecule has 0 saturated heterocycles. The second kappa shape index (κ2) is 14.5. The van der Waals surface area contributed by atoms with Gasteiger partial charge < -0.3 is 4.57 Å². The first kappa shape index (κ1) is 36.1. The number of nitrogens with zero attached hydrogens (tertiary/aromatic N) is 4. The van der Waals surface area contributed by atoms with Gasteiger partial charge in [0.2, 0.25) is 5.95 Å². The molecule has 0 atom stereocenters. The summed E-state index contributed by atoms with van der Waals surface area (Å²) in [6.45, 7) is 0. The SMILES string of the molecule is c1ccc(-c2ccc(-c3cc(-c4ccc(-c5ccccc5)cc4)nc(-n4c5cccc6ccc7c(-c8ccc9c%10ccccc%10n(-c%10ccccc%10)c9c8)ccc4c7c65)n3)cc2)cc1. The van der Waals surface area contributed by atoms with Crippen molar-refractivity contribution in [1.29, 1.82) is 0 Å². The summed E-state index contributed by atoms with van der Waals surface area (Å²) < 4.78 is 4.67. The highest BCUT2D eigenvalue weighted by molar-refractivity contribution is 6.26. The minimum absolute atomic E-state index is 0.637. The highest BCUT2D eigenvalue weighted by Gasteiger charge is 2.22. The average Bonchev–Trinajstić information content (AvgIpc) is 3.90. The molecule has 64 heavy (non-hydrogen) atoms. The van der Waals surface area contributed by atoms with Gasteiger partial charge in [-0.25, -0.2) is 9.97 Å². The van der Waals surface area contributed by atoms with E-state index in [0.29, 0.717) is 5.95 Å². The number of hydrogen-bond acceptors (Lipinski definition) is 2. The Kier molecular flexibility index (Phi) is 8.18. The number of aromatic nitrogens is 4. The monoisotopic (exact) mass is 814 g/mol. The minimum Gasteiger partial charge on any atom is -0.309 e. The zero-order valence-corrected chi connectivity index (χ0v) is 34.7. The van der Waals surface area contributed by atoms with Crippen LogP contribution in [0, 0.1) is 0 Å². The molecule has 0 unspecified atom stereocenters. The van der Waals surface area contributed by atoms with Crippen LogP contribution in [0.5, 0.6) is 0 Å². The molecule has 0 aliphatic heterocycles. The third-order valence-corrected chi connectivity index (χ3v) is 12.9. The van der Waals surface area contributed by atoms with Crippen LogP contribution >= 0.6 is 0 Å². The molecule has 3 heterocycles. The van der Waals surface area contributed by atoms with Crippen molar-refractivity contribution >= 4 is 54.4 Å². The zero-order valence-electron chi connectivity index (χ0n) is 34.7. The predicted molar refractivity (Wildman–Crippen MR) is 267 cm³/mol. The van der Waals surface area contributed by atoms with Crippen LogP contribution < -0.4 is 0 Å². The van der Waals surface area contributed by atoms with Gasteiger partial charge in [-0.1, -0.05) is 188 Å². The normalized spacial score (nSPS) is 11.8. The molecule has 13 aromatic rings. The van der Waals surface area contributed by atoms with Gasteiger partial charge in [0.1, 0.15) is 0 Å². The molecule has 3 aromatic heterocycles. The van der Waals surface area contributed by atoms with Crippen molar-refractivity contribution in [3.05, 3.63) is 231 Å². The van der Waals surface area contributed by atoms with E-state index in [9.17, 15) is 0 Å². The molecular weight excluding hydrogens is 777 g/mol. The van der Waals surface area contributed by atoms with E-state index >= 15 is 0 Å². The van der Waals surface area contributed by atoms with Gasteiger partial charge in [-0.2, -0.15) is 0 Å². The Morgan fingerprint density at radius 3 is 1.47 bits per heavy atom. The number of fused-ring (bicyclic) bond motifs is 3. The fraction of sp³-hybridized carbons (Fsp3) is 0. The van der Waals surface area contributed by atoms with Gasteiger partial charge in [0.05, 0.1) is 33.5 Å². The molecule has 0 aliphatic carbocycles. The summed E-state index contributed by atoms with van der Waals surface area (Å²) in [7, 11) is 0. The fourth-order valence-corrected chi connectivity index (χ4v) is 9.91. The van der Waals surface area contributed by atoms with Crippen molar-refractivity contribution in [2.75, 3.05) is 0 Å². The lowest BCUT2D eigenvalue weighted by molar-refractivity contribution is 0.996. The first-order valence-corrected chi connectivity index (χ1v) is 21.8. The van der Waals surface area contributed by atoms with E-state index in [4.69, 9.17) is 9.97 Å². The van der Waals surface area contributed by atoms with Crippen molar-refractivity contribution in [3.8, 4) is 67.5 Å². The molecule has 4 nitrogen and oxygen atoms in total. The summed E-state index contributed by atoms with van der Waals surface area (Å²) in [5.41, 5.74) is 16.6. The molecule has 0 radical (unpaired) electrons. The van der Waals surface area contributed by atoms with Gasteiger partial charge in [0.15, 0.2) is 0 Å². The lowest BCUT2D eigenvalue weighted by Gasteiger charge is -2.13. The molecule has 298 valence electrons. The van der Waals surface area contributed by atoms with E-state index in [1.165, 1.54) is 76.7 Å². The zero-order chi connectivity index (χ0) is 42.1. The summed E-state index contributed by atoms with van der Waals surface area (Å²) in [5, 5.41) is 7.30. The van der Waals surface area contributed by atoms with E-state index < -0.39 is 0 Å². The van der Waals surface area contributed by atoms with Crippen LogP contribution in [0.3, 0.4) is 0 Å². The number of para-hydroxylation sites is 2. The number of hydrogen-bond donors (Lipinski definition) is 0. The van der Waals surface area contributed by atoms with E-state index in [-0.39, 0.29) is 0 Å². The molecule has 13 rings (SSSR count). The summed E-state index contributed by atoms with van der Waals surface area (Å²) in [5.74, 6) is 0.637. The molecule has 0 bridgehead atoms. The Morgan fingerprint density at radius 2 is 0.797 bits per heavy atom. The Labute approximate surface area is 369 Å². The Morgan fingerprint density at radius 1 is 0.281 bits per heavy atom. The van der Waals surface area contributed by atoms with Crippen LogP contribution in [0.4, 0.5) is 0 Å². The maximum absolute atomic E-state index is 5.42. The maximum Gasteiger partial charge on any atom is 0.235 e. The largest absolute Gasteiger partial charge is 0.309 e. The number of rotatable bonds is 7. The van der Waals surface area contributed by atoms with Crippen LogP contribution in [-0.2, 0) is 0 Å². The Bertz CT molecular complexity index is 3750. The molecule has 0 amide bonds. The van der Waals surface area contributed by atoms with E-state index in [2.05, 4.69) is 240 Å². The Hall–Kier alpha value is -8.60. The van der Waals surface area contributed by atoms with Gasteiger partial charge in [-0.3, -0.25) is 4.57 Å². The lowest BCUT2D eigenvalue weighted by atomic mass is 9.94. The smallest absolute Gasteiger partial charge is 0.235 e. The molecule has 0 spiro atoms. The second-order valence-electron chi connectivity index (χ2n) is 16.6. The standard InChI is InChI=1S/C60H38N4/c1-4-13-39(14-5-1)41-23-27-43(28-24-41)52-38-53(44-29-25-42(26-30-44)40-15-6-2-7-16-40)62-60(61-52)64-55-22-12-17-45-31-34-51-48(35-36-56(64)59(51)58(45)55)46-32-33-50-49-20-10-11-21-54(49)63(57(50)37-46)47-18-8-3-9-19-47/h1-38H. The predicted octanol–water partition coefficient (Wildman–Crippen LogP) is 15.6. The Balaban J connectivity index is 1.01.